The molecule has 0 saturated heterocycles. The second-order valence-electron chi connectivity index (χ2n) is 4.26. The zero-order valence-electron chi connectivity index (χ0n) is 10.8. The summed E-state index contributed by atoms with van der Waals surface area (Å²) in [6.07, 6.45) is -6.59. The zero-order valence-corrected chi connectivity index (χ0v) is 10.8. The molecule has 0 amide bonds. The van der Waals surface area contributed by atoms with Crippen LogP contribution in [0.3, 0.4) is 0 Å². The number of ketones is 1. The summed E-state index contributed by atoms with van der Waals surface area (Å²) in [6, 6.07) is 0. The van der Waals surface area contributed by atoms with Gasteiger partial charge < -0.3 is 9.47 Å². The molecule has 0 N–H and O–H groups in total. The van der Waals surface area contributed by atoms with Crippen molar-refractivity contribution in [1.82, 2.24) is 0 Å². The van der Waals surface area contributed by atoms with E-state index in [2.05, 4.69) is 9.47 Å². The molecule has 4 nitrogen and oxygen atoms in total. The number of ether oxygens (including phenoxy) is 2. The van der Waals surface area contributed by atoms with Gasteiger partial charge in [-0.1, -0.05) is 0 Å². The fourth-order valence-corrected chi connectivity index (χ4v) is 0.901. The van der Waals surface area contributed by atoms with Gasteiger partial charge in [-0.25, -0.2) is 0 Å². The van der Waals surface area contributed by atoms with Crippen LogP contribution in [0.5, 0.6) is 0 Å². The standard InChI is InChI=1S/C11H17F3O4/c1-5-17-9(16)10(3,4)8(15)6-18-7(2)11(12,13)14/h7H,5-6H2,1-4H3. The van der Waals surface area contributed by atoms with Crippen molar-refractivity contribution in [3.05, 3.63) is 0 Å². The highest BCUT2D eigenvalue weighted by atomic mass is 19.4. The topological polar surface area (TPSA) is 52.6 Å². The van der Waals surface area contributed by atoms with Crippen molar-refractivity contribution in [2.45, 2.75) is 40.0 Å². The van der Waals surface area contributed by atoms with Gasteiger partial charge in [-0.05, 0) is 27.7 Å². The van der Waals surface area contributed by atoms with Gasteiger partial charge in [0, 0.05) is 0 Å². The minimum atomic E-state index is -4.53. The predicted molar refractivity (Wildman–Crippen MR) is 56.9 cm³/mol. The molecule has 0 spiro atoms. The number of esters is 1. The fraction of sp³-hybridized carbons (Fsp3) is 0.818. The van der Waals surface area contributed by atoms with E-state index in [4.69, 9.17) is 0 Å². The Labute approximate surface area is 103 Å². The summed E-state index contributed by atoms with van der Waals surface area (Å²) in [5.74, 6) is -1.53. The lowest BCUT2D eigenvalue weighted by Gasteiger charge is -2.22. The molecule has 0 aromatic heterocycles. The monoisotopic (exact) mass is 270 g/mol. The second kappa shape index (κ2) is 6.17. The van der Waals surface area contributed by atoms with Crippen LogP contribution in [0.25, 0.3) is 0 Å². The Balaban J connectivity index is 4.45. The Kier molecular flexibility index (Phi) is 5.79. The van der Waals surface area contributed by atoms with Crippen molar-refractivity contribution in [3.8, 4) is 0 Å². The molecule has 0 aliphatic carbocycles. The lowest BCUT2D eigenvalue weighted by molar-refractivity contribution is -0.214. The molecule has 0 radical (unpaired) electrons. The quantitative estimate of drug-likeness (QED) is 0.548. The molecular weight excluding hydrogens is 253 g/mol. The van der Waals surface area contributed by atoms with Gasteiger partial charge >= 0.3 is 12.1 Å². The first-order valence-corrected chi connectivity index (χ1v) is 5.42. The van der Waals surface area contributed by atoms with Crippen LogP contribution in [0.4, 0.5) is 13.2 Å². The molecule has 0 rings (SSSR count). The molecule has 0 aromatic carbocycles. The van der Waals surface area contributed by atoms with Crippen molar-refractivity contribution in [2.24, 2.45) is 5.41 Å². The third-order valence-electron chi connectivity index (χ3n) is 2.41. The molecule has 7 heteroatoms. The van der Waals surface area contributed by atoms with E-state index in [1.165, 1.54) is 13.8 Å². The number of carbonyl (C=O) groups excluding carboxylic acids is 2. The van der Waals surface area contributed by atoms with E-state index in [9.17, 15) is 22.8 Å². The van der Waals surface area contributed by atoms with Crippen molar-refractivity contribution < 1.29 is 32.2 Å². The van der Waals surface area contributed by atoms with Crippen molar-refractivity contribution >= 4 is 11.8 Å². The fourth-order valence-electron chi connectivity index (χ4n) is 0.901. The summed E-state index contributed by atoms with van der Waals surface area (Å²) in [7, 11) is 0. The first kappa shape index (κ1) is 16.9. The smallest absolute Gasteiger partial charge is 0.414 e. The van der Waals surface area contributed by atoms with Crippen LogP contribution in [0.15, 0.2) is 0 Å². The Morgan fingerprint density at radius 2 is 1.72 bits per heavy atom. The Morgan fingerprint density at radius 1 is 1.22 bits per heavy atom. The SMILES string of the molecule is CCOC(=O)C(C)(C)C(=O)COC(C)C(F)(F)F. The van der Waals surface area contributed by atoms with Crippen molar-refractivity contribution in [3.63, 3.8) is 0 Å². The maximum absolute atomic E-state index is 12.1. The first-order chi connectivity index (χ1) is 8.03. The van der Waals surface area contributed by atoms with Crippen LogP contribution in [0, 0.1) is 5.41 Å². The highest BCUT2D eigenvalue weighted by Crippen LogP contribution is 2.24. The molecule has 0 aromatic rings. The van der Waals surface area contributed by atoms with E-state index in [1.54, 1.807) is 6.92 Å². The minimum Gasteiger partial charge on any atom is -0.465 e. The predicted octanol–water partition coefficient (Wildman–Crippen LogP) is 2.11. The van der Waals surface area contributed by atoms with E-state index in [0.717, 1.165) is 6.92 Å². The van der Waals surface area contributed by atoms with Gasteiger partial charge in [-0.3, -0.25) is 9.59 Å². The van der Waals surface area contributed by atoms with E-state index >= 15 is 0 Å². The second-order valence-corrected chi connectivity index (χ2v) is 4.26. The molecule has 0 aliphatic heterocycles. The summed E-state index contributed by atoms with van der Waals surface area (Å²) in [5.41, 5.74) is -1.51. The third kappa shape index (κ3) is 4.64. The number of hydrogen-bond acceptors (Lipinski definition) is 4. The van der Waals surface area contributed by atoms with Gasteiger partial charge in [-0.2, -0.15) is 13.2 Å². The van der Waals surface area contributed by atoms with Gasteiger partial charge in [0.2, 0.25) is 0 Å². The average Bonchev–Trinajstić information content (AvgIpc) is 2.24. The van der Waals surface area contributed by atoms with Crippen LogP contribution in [0.2, 0.25) is 0 Å². The van der Waals surface area contributed by atoms with Crippen LogP contribution < -0.4 is 0 Å². The van der Waals surface area contributed by atoms with Crippen LogP contribution in [0.1, 0.15) is 27.7 Å². The zero-order chi connectivity index (χ0) is 14.6. The van der Waals surface area contributed by atoms with Gasteiger partial charge in [0.05, 0.1) is 6.61 Å². The Morgan fingerprint density at radius 3 is 2.11 bits per heavy atom. The normalized spacial score (nSPS) is 14.2. The average molecular weight is 270 g/mol. The summed E-state index contributed by atoms with van der Waals surface area (Å²) in [6.45, 7) is 4.25. The Hall–Kier alpha value is -1.11. The van der Waals surface area contributed by atoms with E-state index in [-0.39, 0.29) is 6.61 Å². The largest absolute Gasteiger partial charge is 0.465 e. The summed E-state index contributed by atoms with van der Waals surface area (Å²) < 4.78 is 45.5. The van der Waals surface area contributed by atoms with Gasteiger partial charge in [0.15, 0.2) is 11.9 Å². The minimum absolute atomic E-state index is 0.0926. The highest BCUT2D eigenvalue weighted by Gasteiger charge is 2.41. The van der Waals surface area contributed by atoms with Crippen LogP contribution >= 0.6 is 0 Å². The van der Waals surface area contributed by atoms with Gasteiger partial charge in [0.1, 0.15) is 12.0 Å². The Bertz CT molecular complexity index is 310. The maximum Gasteiger partial charge on any atom is 0.414 e. The van der Waals surface area contributed by atoms with Crippen LogP contribution in [-0.2, 0) is 19.1 Å². The molecule has 0 bridgehead atoms. The van der Waals surface area contributed by atoms with Gasteiger partial charge in [0.25, 0.3) is 0 Å². The molecule has 0 fully saturated rings. The molecule has 0 saturated carbocycles. The number of hydrogen-bond donors (Lipinski definition) is 0. The van der Waals surface area contributed by atoms with Crippen molar-refractivity contribution in [2.75, 3.05) is 13.2 Å². The third-order valence-corrected chi connectivity index (χ3v) is 2.41. The number of rotatable bonds is 6. The number of Topliss-reactive ketones (excluding diaryl/α,β-unsaturated/α-hetero) is 1. The molecule has 106 valence electrons. The first-order valence-electron chi connectivity index (χ1n) is 5.42. The molecule has 1 atom stereocenters. The van der Waals surface area contributed by atoms with E-state index in [1.807, 2.05) is 0 Å². The maximum atomic E-state index is 12.1. The molecule has 1 unspecified atom stereocenters. The molecule has 18 heavy (non-hydrogen) atoms. The van der Waals surface area contributed by atoms with E-state index < -0.39 is 36.1 Å². The molecular formula is C11H17F3O4. The lowest BCUT2D eigenvalue weighted by Crippen LogP contribution is -2.39. The number of alkyl halides is 3. The molecule has 0 heterocycles. The summed E-state index contributed by atoms with van der Waals surface area (Å²) in [5, 5.41) is 0. The van der Waals surface area contributed by atoms with Crippen molar-refractivity contribution in [1.29, 1.82) is 0 Å². The number of halogens is 3. The van der Waals surface area contributed by atoms with Gasteiger partial charge in [-0.15, -0.1) is 0 Å². The van der Waals surface area contributed by atoms with E-state index in [0.29, 0.717) is 0 Å². The van der Waals surface area contributed by atoms with Crippen LogP contribution in [-0.4, -0.2) is 37.2 Å². The summed E-state index contributed by atoms with van der Waals surface area (Å²) in [4.78, 5) is 23.0. The highest BCUT2D eigenvalue weighted by molar-refractivity contribution is 6.03. The molecule has 0 aliphatic rings. The number of carbonyl (C=O) groups is 2. The summed E-state index contributed by atoms with van der Waals surface area (Å²) >= 11 is 0. The lowest BCUT2D eigenvalue weighted by atomic mass is 9.88.